The number of esters is 1. The minimum absolute atomic E-state index is 0.00551. The van der Waals surface area contributed by atoms with Gasteiger partial charge in [0, 0.05) is 25.0 Å². The zero-order chi connectivity index (χ0) is 22.7. The lowest BCUT2D eigenvalue weighted by molar-refractivity contribution is -0.143. The molecule has 2 heterocycles. The van der Waals surface area contributed by atoms with Gasteiger partial charge in [-0.05, 0) is 65.7 Å². The van der Waals surface area contributed by atoms with Crippen LogP contribution >= 0.6 is 0 Å². The van der Waals surface area contributed by atoms with Crippen molar-refractivity contribution < 1.29 is 14.3 Å². The lowest BCUT2D eigenvalue weighted by Crippen LogP contribution is -2.47. The molecule has 1 aromatic carbocycles. The van der Waals surface area contributed by atoms with Crippen molar-refractivity contribution in [3.8, 4) is 0 Å². The van der Waals surface area contributed by atoms with Crippen LogP contribution in [0.2, 0.25) is 0 Å². The average Bonchev–Trinajstić information content (AvgIpc) is 2.68. The quantitative estimate of drug-likeness (QED) is 0.680. The summed E-state index contributed by atoms with van der Waals surface area (Å²) in [5.74, 6) is -0.0449. The second-order valence-electron chi connectivity index (χ2n) is 8.86. The van der Waals surface area contributed by atoms with E-state index in [0.29, 0.717) is 17.4 Å². The molecule has 1 atom stereocenters. The molecule has 31 heavy (non-hydrogen) atoms. The van der Waals surface area contributed by atoms with E-state index in [2.05, 4.69) is 0 Å². The number of hydrogen-bond acceptors (Lipinski definition) is 5. The number of carbonyl (C=O) groups is 2. The number of amides is 1. The van der Waals surface area contributed by atoms with Crippen molar-refractivity contribution in [2.24, 2.45) is 0 Å². The number of fused-ring (bicyclic) bond motifs is 2. The van der Waals surface area contributed by atoms with Gasteiger partial charge in [-0.3, -0.25) is 14.2 Å². The minimum Gasteiger partial charge on any atom is -0.449 e. The van der Waals surface area contributed by atoms with E-state index in [1.807, 2.05) is 27.7 Å². The van der Waals surface area contributed by atoms with Gasteiger partial charge in [0.25, 0.3) is 11.5 Å². The molecule has 0 radical (unpaired) electrons. The lowest BCUT2D eigenvalue weighted by atomic mass is 10.1. The summed E-state index contributed by atoms with van der Waals surface area (Å²) in [4.78, 5) is 44.8. The molecule has 0 N–H and O–H groups in total. The SMILES string of the molecule is CC(C)N(C(=O)[C@H](C)OC(=O)c1ccc2c(=O)n3c(nc2c1)CCCCCC3)C(C)C. The fraction of sp³-hybridized carbons (Fsp3) is 0.583. The van der Waals surface area contributed by atoms with Gasteiger partial charge in [-0.1, -0.05) is 12.8 Å². The topological polar surface area (TPSA) is 81.5 Å². The van der Waals surface area contributed by atoms with E-state index in [0.717, 1.165) is 37.9 Å². The van der Waals surface area contributed by atoms with Crippen molar-refractivity contribution in [2.75, 3.05) is 0 Å². The van der Waals surface area contributed by atoms with Crippen molar-refractivity contribution >= 4 is 22.8 Å². The van der Waals surface area contributed by atoms with Crippen molar-refractivity contribution in [1.82, 2.24) is 14.5 Å². The Morgan fingerprint density at radius 2 is 1.71 bits per heavy atom. The molecule has 7 heteroatoms. The highest BCUT2D eigenvalue weighted by molar-refractivity contribution is 5.95. The zero-order valence-electron chi connectivity index (χ0n) is 19.2. The van der Waals surface area contributed by atoms with Crippen molar-refractivity contribution in [1.29, 1.82) is 0 Å². The van der Waals surface area contributed by atoms with Crippen LogP contribution in [0.3, 0.4) is 0 Å². The molecular formula is C24H33N3O4. The van der Waals surface area contributed by atoms with Gasteiger partial charge in [-0.25, -0.2) is 9.78 Å². The molecule has 0 bridgehead atoms. The maximum Gasteiger partial charge on any atom is 0.338 e. The fourth-order valence-electron chi connectivity index (χ4n) is 4.32. The van der Waals surface area contributed by atoms with Gasteiger partial charge in [0.05, 0.1) is 16.5 Å². The number of hydrogen-bond donors (Lipinski definition) is 0. The van der Waals surface area contributed by atoms with E-state index in [4.69, 9.17) is 9.72 Å². The molecule has 0 spiro atoms. The molecule has 168 valence electrons. The molecule has 2 aromatic rings. The number of carbonyl (C=O) groups excluding carboxylic acids is 2. The number of benzene rings is 1. The van der Waals surface area contributed by atoms with E-state index >= 15 is 0 Å². The van der Waals surface area contributed by atoms with Gasteiger partial charge in [0.2, 0.25) is 0 Å². The molecular weight excluding hydrogens is 394 g/mol. The summed E-state index contributed by atoms with van der Waals surface area (Å²) >= 11 is 0. The summed E-state index contributed by atoms with van der Waals surface area (Å²) in [5, 5.41) is 0.496. The van der Waals surface area contributed by atoms with Gasteiger partial charge < -0.3 is 9.64 Å². The van der Waals surface area contributed by atoms with Gasteiger partial charge in [-0.2, -0.15) is 0 Å². The summed E-state index contributed by atoms with van der Waals surface area (Å²) in [6.45, 7) is 10.0. The van der Waals surface area contributed by atoms with Crippen LogP contribution in [0.15, 0.2) is 23.0 Å². The largest absolute Gasteiger partial charge is 0.449 e. The number of aromatic nitrogens is 2. The first-order chi connectivity index (χ1) is 14.7. The van der Waals surface area contributed by atoms with Crippen LogP contribution in [0.25, 0.3) is 10.9 Å². The highest BCUT2D eigenvalue weighted by atomic mass is 16.5. The molecule has 1 amide bonds. The van der Waals surface area contributed by atoms with Crippen LogP contribution in [0.1, 0.15) is 76.5 Å². The smallest absolute Gasteiger partial charge is 0.338 e. The van der Waals surface area contributed by atoms with Crippen molar-refractivity contribution in [3.63, 3.8) is 0 Å². The van der Waals surface area contributed by atoms with E-state index in [9.17, 15) is 14.4 Å². The molecule has 0 unspecified atom stereocenters. The van der Waals surface area contributed by atoms with Crippen LogP contribution in [0.5, 0.6) is 0 Å². The van der Waals surface area contributed by atoms with Crippen molar-refractivity contribution in [2.45, 2.75) is 91.5 Å². The molecule has 7 nitrogen and oxygen atoms in total. The lowest BCUT2D eigenvalue weighted by Gasteiger charge is -2.32. The number of ether oxygens (including phenoxy) is 1. The van der Waals surface area contributed by atoms with Crippen molar-refractivity contribution in [3.05, 3.63) is 39.9 Å². The molecule has 1 aliphatic heterocycles. The molecule has 3 rings (SSSR count). The average molecular weight is 428 g/mol. The Bertz CT molecular complexity index is 1020. The van der Waals surface area contributed by atoms with Crippen LogP contribution in [-0.2, 0) is 22.5 Å². The third kappa shape index (κ3) is 4.97. The minimum atomic E-state index is -0.901. The molecule has 0 saturated heterocycles. The zero-order valence-corrected chi connectivity index (χ0v) is 19.2. The summed E-state index contributed by atoms with van der Waals surface area (Å²) in [6, 6.07) is 4.81. The monoisotopic (exact) mass is 427 g/mol. The van der Waals surface area contributed by atoms with E-state index < -0.39 is 12.1 Å². The third-order valence-electron chi connectivity index (χ3n) is 5.80. The Labute approximate surface area is 183 Å². The van der Waals surface area contributed by atoms with Gasteiger partial charge in [0.15, 0.2) is 6.10 Å². The Morgan fingerprint density at radius 3 is 2.39 bits per heavy atom. The van der Waals surface area contributed by atoms with E-state index in [1.54, 1.807) is 34.6 Å². The molecule has 1 aromatic heterocycles. The molecule has 0 aliphatic carbocycles. The Hall–Kier alpha value is -2.70. The molecule has 1 aliphatic rings. The van der Waals surface area contributed by atoms with Crippen LogP contribution in [0.4, 0.5) is 0 Å². The number of nitrogens with zero attached hydrogens (tertiary/aromatic N) is 3. The summed E-state index contributed by atoms with van der Waals surface area (Å²) in [6.07, 6.45) is 4.09. The Kier molecular flexibility index (Phi) is 7.13. The predicted molar refractivity (Wildman–Crippen MR) is 120 cm³/mol. The molecule has 0 saturated carbocycles. The maximum atomic E-state index is 12.9. The number of rotatable bonds is 5. The third-order valence-corrected chi connectivity index (χ3v) is 5.80. The molecule has 0 fully saturated rings. The highest BCUT2D eigenvalue weighted by Crippen LogP contribution is 2.18. The van der Waals surface area contributed by atoms with E-state index in [1.165, 1.54) is 0 Å². The van der Waals surface area contributed by atoms with Crippen LogP contribution < -0.4 is 5.56 Å². The summed E-state index contributed by atoms with van der Waals surface area (Å²) in [5.41, 5.74) is 0.724. The van der Waals surface area contributed by atoms with Gasteiger partial charge in [0.1, 0.15) is 5.82 Å². The number of aryl methyl sites for hydroxylation is 1. The highest BCUT2D eigenvalue weighted by Gasteiger charge is 2.28. The first-order valence-electron chi connectivity index (χ1n) is 11.3. The Morgan fingerprint density at radius 1 is 1.03 bits per heavy atom. The normalized spacial score (nSPS) is 15.3. The van der Waals surface area contributed by atoms with Gasteiger partial charge >= 0.3 is 5.97 Å². The Balaban J connectivity index is 1.85. The predicted octanol–water partition coefficient (Wildman–Crippen LogP) is 3.70. The van der Waals surface area contributed by atoms with Crippen LogP contribution in [0, 0.1) is 0 Å². The maximum absolute atomic E-state index is 12.9. The first kappa shape index (κ1) is 23.0. The van der Waals surface area contributed by atoms with E-state index in [-0.39, 0.29) is 29.1 Å². The summed E-state index contributed by atoms with van der Waals surface area (Å²) in [7, 11) is 0. The first-order valence-corrected chi connectivity index (χ1v) is 11.3. The standard InChI is InChI=1S/C24H33N3O4/c1-15(2)27(16(3)4)22(28)17(5)31-24(30)18-11-12-19-20(14-18)25-21-10-8-6-7-9-13-26(21)23(19)29/h11-12,14-17H,6-10,13H2,1-5H3/t17-/m0/s1. The van der Waals surface area contributed by atoms with Crippen LogP contribution in [-0.4, -0.2) is 44.5 Å². The summed E-state index contributed by atoms with van der Waals surface area (Å²) < 4.78 is 7.24. The fourth-order valence-corrected chi connectivity index (χ4v) is 4.32. The second kappa shape index (κ2) is 9.62. The second-order valence-corrected chi connectivity index (χ2v) is 8.86. The van der Waals surface area contributed by atoms with Gasteiger partial charge in [-0.15, -0.1) is 0 Å².